The molecule has 0 aliphatic carbocycles. The van der Waals surface area contributed by atoms with Gasteiger partial charge in [-0.2, -0.15) is 0 Å². The van der Waals surface area contributed by atoms with E-state index in [1.54, 1.807) is 31.3 Å². The smallest absolute Gasteiger partial charge is 0.330 e. The fourth-order valence-corrected chi connectivity index (χ4v) is 2.65. The molecule has 1 aromatic heterocycles. The molecule has 1 N–H and O–H groups in total. The monoisotopic (exact) mass is 391 g/mol. The molecule has 7 heteroatoms. The van der Waals surface area contributed by atoms with Crippen LogP contribution in [0.1, 0.15) is 11.1 Å². The summed E-state index contributed by atoms with van der Waals surface area (Å²) in [4.78, 5) is 35.9. The molecule has 0 aliphatic rings. The molecule has 148 valence electrons. The van der Waals surface area contributed by atoms with E-state index in [4.69, 9.17) is 4.74 Å². The largest absolute Gasteiger partial charge is 0.457 e. The van der Waals surface area contributed by atoms with Gasteiger partial charge >= 0.3 is 5.69 Å². The van der Waals surface area contributed by atoms with Crippen molar-refractivity contribution in [2.45, 2.75) is 6.92 Å². The lowest BCUT2D eigenvalue weighted by Gasteiger charge is -2.07. The number of aryl methyl sites for hydroxylation is 2. The fourth-order valence-electron chi connectivity index (χ4n) is 2.65. The molecule has 0 aliphatic heterocycles. The van der Waals surface area contributed by atoms with E-state index < -0.39 is 17.2 Å². The van der Waals surface area contributed by atoms with Crippen LogP contribution in [0.25, 0.3) is 6.08 Å². The van der Waals surface area contributed by atoms with Crippen LogP contribution < -0.4 is 21.3 Å². The minimum absolute atomic E-state index is 0.242. The number of nitrogens with zero attached hydrogens (tertiary/aromatic N) is 2. The molecule has 0 atom stereocenters. The molecule has 0 saturated heterocycles. The van der Waals surface area contributed by atoms with Gasteiger partial charge in [0.15, 0.2) is 0 Å². The minimum Gasteiger partial charge on any atom is -0.457 e. The highest BCUT2D eigenvalue weighted by Gasteiger charge is 2.05. The number of amides is 1. The Labute approximate surface area is 167 Å². The first-order valence-corrected chi connectivity index (χ1v) is 8.94. The standard InChI is InChI=1S/C22H21N3O4/c1-15-4-9-18(10-5-15)29-19-11-7-17(8-12-19)23-20(26)13-6-16-14-24(2)22(28)25(3)21(16)27/h4-14H,1-3H3,(H,23,26)/b13-6+. The molecule has 3 aromatic rings. The fraction of sp³-hybridized carbons (Fsp3) is 0.136. The highest BCUT2D eigenvalue weighted by molar-refractivity contribution is 6.01. The molecule has 0 saturated carbocycles. The molecular weight excluding hydrogens is 370 g/mol. The average molecular weight is 391 g/mol. The quantitative estimate of drug-likeness (QED) is 0.678. The first-order valence-electron chi connectivity index (χ1n) is 8.94. The molecule has 7 nitrogen and oxygen atoms in total. The van der Waals surface area contributed by atoms with Crippen molar-refractivity contribution < 1.29 is 9.53 Å². The molecule has 1 heterocycles. The van der Waals surface area contributed by atoms with Crippen LogP contribution in [-0.2, 0) is 18.9 Å². The van der Waals surface area contributed by atoms with E-state index in [0.717, 1.165) is 15.9 Å². The summed E-state index contributed by atoms with van der Waals surface area (Å²) in [5.41, 5.74) is 1.09. The molecule has 0 bridgehead atoms. The van der Waals surface area contributed by atoms with Crippen molar-refractivity contribution in [2.75, 3.05) is 5.32 Å². The summed E-state index contributed by atoms with van der Waals surface area (Å²) in [5.74, 6) is 0.985. The minimum atomic E-state index is -0.463. The van der Waals surface area contributed by atoms with E-state index in [-0.39, 0.29) is 5.56 Å². The predicted octanol–water partition coefficient (Wildman–Crippen LogP) is 2.84. The summed E-state index contributed by atoms with van der Waals surface area (Å²) in [6, 6.07) is 14.7. The Balaban J connectivity index is 1.65. The van der Waals surface area contributed by atoms with Crippen molar-refractivity contribution in [1.29, 1.82) is 0 Å². The van der Waals surface area contributed by atoms with Gasteiger partial charge in [-0.15, -0.1) is 0 Å². The first-order chi connectivity index (χ1) is 13.8. The second-order valence-electron chi connectivity index (χ2n) is 6.60. The van der Waals surface area contributed by atoms with Gasteiger partial charge in [-0.1, -0.05) is 17.7 Å². The lowest BCUT2D eigenvalue weighted by molar-refractivity contribution is -0.111. The van der Waals surface area contributed by atoms with E-state index >= 15 is 0 Å². The number of anilines is 1. The van der Waals surface area contributed by atoms with Gasteiger partial charge in [0, 0.05) is 32.1 Å². The van der Waals surface area contributed by atoms with Crippen molar-refractivity contribution in [1.82, 2.24) is 9.13 Å². The molecular formula is C22H21N3O4. The number of carbonyl (C=O) groups excluding carboxylic acids is 1. The lowest BCUT2D eigenvalue weighted by atomic mass is 10.2. The van der Waals surface area contributed by atoms with Crippen LogP contribution in [0.15, 0.2) is 70.4 Å². The summed E-state index contributed by atoms with van der Waals surface area (Å²) in [6.45, 7) is 2.01. The van der Waals surface area contributed by atoms with Crippen molar-refractivity contribution in [3.63, 3.8) is 0 Å². The third kappa shape index (κ3) is 4.90. The number of aromatic nitrogens is 2. The summed E-state index contributed by atoms with van der Waals surface area (Å²) < 4.78 is 8.03. The van der Waals surface area contributed by atoms with Crippen LogP contribution in [0.5, 0.6) is 11.5 Å². The second kappa shape index (κ2) is 8.43. The van der Waals surface area contributed by atoms with E-state index in [0.29, 0.717) is 11.4 Å². The summed E-state index contributed by atoms with van der Waals surface area (Å²) >= 11 is 0. The topological polar surface area (TPSA) is 82.3 Å². The Morgan fingerprint density at radius 3 is 2.17 bits per heavy atom. The normalized spacial score (nSPS) is 10.9. The van der Waals surface area contributed by atoms with Crippen molar-refractivity contribution in [3.8, 4) is 11.5 Å². The average Bonchev–Trinajstić information content (AvgIpc) is 2.71. The van der Waals surface area contributed by atoms with Gasteiger partial charge in [0.05, 0.1) is 5.56 Å². The first kappa shape index (κ1) is 19.9. The molecule has 3 rings (SSSR count). The number of benzene rings is 2. The van der Waals surface area contributed by atoms with Gasteiger partial charge < -0.3 is 14.6 Å². The summed E-state index contributed by atoms with van der Waals surface area (Å²) in [5, 5.41) is 2.71. The molecule has 29 heavy (non-hydrogen) atoms. The Kier molecular flexibility index (Phi) is 5.78. The van der Waals surface area contributed by atoms with E-state index in [2.05, 4.69) is 5.32 Å². The van der Waals surface area contributed by atoms with Crippen LogP contribution in [0.2, 0.25) is 0 Å². The highest BCUT2D eigenvalue weighted by atomic mass is 16.5. The van der Waals surface area contributed by atoms with E-state index in [1.165, 1.54) is 30.0 Å². The maximum absolute atomic E-state index is 12.1. The predicted molar refractivity (Wildman–Crippen MR) is 112 cm³/mol. The van der Waals surface area contributed by atoms with E-state index in [9.17, 15) is 14.4 Å². The third-order valence-corrected chi connectivity index (χ3v) is 4.27. The molecule has 0 spiro atoms. The Morgan fingerprint density at radius 1 is 0.966 bits per heavy atom. The van der Waals surface area contributed by atoms with Gasteiger partial charge in [0.25, 0.3) is 5.56 Å². The van der Waals surface area contributed by atoms with Gasteiger partial charge in [0.2, 0.25) is 5.91 Å². The summed E-state index contributed by atoms with van der Waals surface area (Å²) in [6.07, 6.45) is 4.02. The van der Waals surface area contributed by atoms with E-state index in [1.807, 2.05) is 31.2 Å². The van der Waals surface area contributed by atoms with Gasteiger partial charge in [-0.3, -0.25) is 14.2 Å². The van der Waals surface area contributed by atoms with Crippen LogP contribution in [0, 0.1) is 6.92 Å². The van der Waals surface area contributed by atoms with Crippen molar-refractivity contribution in [3.05, 3.63) is 92.8 Å². The second-order valence-corrected chi connectivity index (χ2v) is 6.60. The highest BCUT2D eigenvalue weighted by Crippen LogP contribution is 2.23. The SMILES string of the molecule is Cc1ccc(Oc2ccc(NC(=O)/C=C/c3cn(C)c(=O)n(C)c3=O)cc2)cc1. The van der Waals surface area contributed by atoms with Crippen LogP contribution in [0.3, 0.4) is 0 Å². The zero-order valence-corrected chi connectivity index (χ0v) is 16.4. The zero-order valence-electron chi connectivity index (χ0n) is 16.4. The number of carbonyl (C=O) groups is 1. The Morgan fingerprint density at radius 2 is 1.55 bits per heavy atom. The molecule has 0 unspecified atom stereocenters. The van der Waals surface area contributed by atoms with Crippen LogP contribution in [-0.4, -0.2) is 15.0 Å². The maximum atomic E-state index is 12.1. The third-order valence-electron chi connectivity index (χ3n) is 4.27. The Bertz CT molecular complexity index is 1170. The number of nitrogens with one attached hydrogen (secondary N) is 1. The zero-order chi connectivity index (χ0) is 21.0. The molecule has 1 amide bonds. The maximum Gasteiger partial charge on any atom is 0.330 e. The van der Waals surface area contributed by atoms with Crippen LogP contribution in [0.4, 0.5) is 5.69 Å². The number of hydrogen-bond acceptors (Lipinski definition) is 4. The van der Waals surface area contributed by atoms with Crippen molar-refractivity contribution >= 4 is 17.7 Å². The Hall–Kier alpha value is -3.87. The van der Waals surface area contributed by atoms with Crippen LogP contribution >= 0.6 is 0 Å². The van der Waals surface area contributed by atoms with Gasteiger partial charge in [0.1, 0.15) is 11.5 Å². The summed E-state index contributed by atoms with van der Waals surface area (Å²) in [7, 11) is 2.93. The number of ether oxygens (including phenoxy) is 1. The van der Waals surface area contributed by atoms with Crippen molar-refractivity contribution in [2.24, 2.45) is 14.1 Å². The number of hydrogen-bond donors (Lipinski definition) is 1. The van der Waals surface area contributed by atoms with Gasteiger partial charge in [-0.25, -0.2) is 4.79 Å². The molecule has 0 fully saturated rings. The van der Waals surface area contributed by atoms with Gasteiger partial charge in [-0.05, 0) is 49.4 Å². The number of rotatable bonds is 5. The lowest BCUT2D eigenvalue weighted by Crippen LogP contribution is -2.37. The molecule has 0 radical (unpaired) electrons. The molecule has 2 aromatic carbocycles.